The fraction of sp³-hybridized carbons (Fsp3) is 0.353. The lowest BCUT2D eigenvalue weighted by Crippen LogP contribution is -2.43. The molecule has 0 bridgehead atoms. The van der Waals surface area contributed by atoms with Crippen LogP contribution in [0.3, 0.4) is 0 Å². The van der Waals surface area contributed by atoms with Crippen molar-refractivity contribution in [2.24, 2.45) is 7.05 Å². The van der Waals surface area contributed by atoms with E-state index in [2.05, 4.69) is 5.32 Å². The zero-order valence-corrected chi connectivity index (χ0v) is 16.9. The molecule has 1 aromatic heterocycles. The van der Waals surface area contributed by atoms with Crippen molar-refractivity contribution in [1.29, 1.82) is 0 Å². The number of nitrogens with one attached hydrogen (secondary N) is 2. The Balaban J connectivity index is 2.37. The molecule has 0 saturated carbocycles. The van der Waals surface area contributed by atoms with Gasteiger partial charge in [0, 0.05) is 18.9 Å². The number of anilines is 1. The van der Waals surface area contributed by atoms with Gasteiger partial charge in [0.25, 0.3) is 5.91 Å². The molecule has 0 spiro atoms. The number of alkyl halides is 6. The van der Waals surface area contributed by atoms with Crippen LogP contribution in [0.5, 0.6) is 0 Å². The smallest absolute Gasteiger partial charge is 0.345 e. The molecular weight excluding hydrogens is 459 g/mol. The maximum absolute atomic E-state index is 13.4. The fourth-order valence-corrected chi connectivity index (χ4v) is 4.22. The lowest BCUT2D eigenvalue weighted by atomic mass is 10.1. The van der Waals surface area contributed by atoms with Crippen LogP contribution in [0.25, 0.3) is 0 Å². The fourth-order valence-electron chi connectivity index (χ4n) is 2.69. The van der Waals surface area contributed by atoms with E-state index in [4.69, 9.17) is 0 Å². The summed E-state index contributed by atoms with van der Waals surface area (Å²) in [4.78, 5) is 11.9. The maximum Gasteiger partial charge on any atom is 0.419 e. The van der Waals surface area contributed by atoms with Crippen LogP contribution in [0, 0.1) is 12.7 Å². The van der Waals surface area contributed by atoms with Crippen molar-refractivity contribution in [1.82, 2.24) is 9.29 Å². The van der Waals surface area contributed by atoms with Crippen molar-refractivity contribution in [3.8, 4) is 0 Å². The summed E-state index contributed by atoms with van der Waals surface area (Å²) in [7, 11) is -3.46. The average Bonchev–Trinajstić information content (AvgIpc) is 2.89. The number of carbonyl (C=O) groups is 1. The third-order valence-electron chi connectivity index (χ3n) is 4.25. The SMILES string of the molecule is Cc1c(S(=O)(=O)N[C@H](C)C(F)(F)F)cn(C)c1C(=O)Nc1ccc(F)c(C(F)(F)F)c1. The van der Waals surface area contributed by atoms with Crippen molar-refractivity contribution in [2.45, 2.75) is 37.1 Å². The zero-order valence-electron chi connectivity index (χ0n) is 16.1. The molecule has 0 aliphatic heterocycles. The Morgan fingerprint density at radius 3 is 2.23 bits per heavy atom. The zero-order chi connectivity index (χ0) is 23.9. The van der Waals surface area contributed by atoms with Crippen LogP contribution in [0.4, 0.5) is 36.4 Å². The average molecular weight is 475 g/mol. The third-order valence-corrected chi connectivity index (χ3v) is 5.90. The molecule has 31 heavy (non-hydrogen) atoms. The molecule has 0 saturated heterocycles. The molecule has 2 aromatic rings. The Morgan fingerprint density at radius 2 is 1.71 bits per heavy atom. The van der Waals surface area contributed by atoms with Crippen LogP contribution >= 0.6 is 0 Å². The Bertz CT molecular complexity index is 1110. The van der Waals surface area contributed by atoms with Gasteiger partial charge in [0.1, 0.15) is 22.4 Å². The minimum Gasteiger partial charge on any atom is -0.345 e. The van der Waals surface area contributed by atoms with Crippen molar-refractivity contribution in [3.63, 3.8) is 0 Å². The first-order valence-corrected chi connectivity index (χ1v) is 9.86. The standard InChI is InChI=1S/C17H16F7N3O3S/c1-8-13(31(29,30)26-9(2)16(19,20)21)7-27(3)14(8)15(28)25-10-4-5-12(18)11(6-10)17(22,23)24/h4-7,9,26H,1-3H3,(H,25,28)/t9-/m1/s1. The van der Waals surface area contributed by atoms with Gasteiger partial charge in [0.2, 0.25) is 10.0 Å². The molecule has 172 valence electrons. The van der Waals surface area contributed by atoms with E-state index >= 15 is 0 Å². The van der Waals surface area contributed by atoms with Gasteiger partial charge >= 0.3 is 12.4 Å². The summed E-state index contributed by atoms with van der Waals surface area (Å²) in [5, 5.41) is 2.09. The Morgan fingerprint density at radius 1 is 1.13 bits per heavy atom. The number of hydrogen-bond acceptors (Lipinski definition) is 3. The molecule has 0 unspecified atom stereocenters. The molecule has 2 N–H and O–H groups in total. The number of aromatic nitrogens is 1. The van der Waals surface area contributed by atoms with Gasteiger partial charge in [-0.05, 0) is 37.6 Å². The molecule has 1 aromatic carbocycles. The summed E-state index contributed by atoms with van der Waals surface area (Å²) in [5.74, 6) is -2.61. The number of benzene rings is 1. The van der Waals surface area contributed by atoms with E-state index in [0.29, 0.717) is 19.1 Å². The topological polar surface area (TPSA) is 80.2 Å². The predicted octanol–water partition coefficient (Wildman–Crippen LogP) is 3.97. The molecule has 1 atom stereocenters. The van der Waals surface area contributed by atoms with E-state index in [1.165, 1.54) is 11.8 Å². The minimum absolute atomic E-state index is 0.236. The molecule has 6 nitrogen and oxygen atoms in total. The van der Waals surface area contributed by atoms with Crippen LogP contribution in [0.2, 0.25) is 0 Å². The van der Waals surface area contributed by atoms with Gasteiger partial charge in [-0.25, -0.2) is 12.8 Å². The van der Waals surface area contributed by atoms with Crippen LogP contribution in [0.15, 0.2) is 29.3 Å². The molecule has 0 radical (unpaired) electrons. The second-order valence-corrected chi connectivity index (χ2v) is 8.29. The van der Waals surface area contributed by atoms with Gasteiger partial charge in [0.15, 0.2) is 0 Å². The Kier molecular flexibility index (Phi) is 6.48. The lowest BCUT2D eigenvalue weighted by molar-refractivity contribution is -0.147. The van der Waals surface area contributed by atoms with Crippen LogP contribution in [0.1, 0.15) is 28.5 Å². The number of nitrogens with zero attached hydrogens (tertiary/aromatic N) is 1. The van der Waals surface area contributed by atoms with Crippen molar-refractivity contribution < 1.29 is 43.9 Å². The van der Waals surface area contributed by atoms with Crippen LogP contribution in [-0.2, 0) is 23.2 Å². The second-order valence-electron chi connectivity index (χ2n) is 6.61. The summed E-state index contributed by atoms with van der Waals surface area (Å²) in [6, 6.07) is -0.690. The summed E-state index contributed by atoms with van der Waals surface area (Å²) in [5.41, 5.74) is -2.62. The van der Waals surface area contributed by atoms with E-state index in [9.17, 15) is 43.9 Å². The number of sulfonamides is 1. The highest BCUT2D eigenvalue weighted by atomic mass is 32.2. The van der Waals surface area contributed by atoms with E-state index in [-0.39, 0.29) is 11.3 Å². The summed E-state index contributed by atoms with van der Waals surface area (Å²) in [6.45, 7) is 1.74. The van der Waals surface area contributed by atoms with Crippen LogP contribution < -0.4 is 10.0 Å². The van der Waals surface area contributed by atoms with Gasteiger partial charge < -0.3 is 9.88 Å². The van der Waals surface area contributed by atoms with E-state index < -0.39 is 56.3 Å². The van der Waals surface area contributed by atoms with Gasteiger partial charge in [-0.3, -0.25) is 4.79 Å². The molecule has 0 aliphatic rings. The first-order chi connectivity index (χ1) is 13.9. The summed E-state index contributed by atoms with van der Waals surface area (Å²) in [6.07, 6.45) is -8.98. The number of carbonyl (C=O) groups excluding carboxylic acids is 1. The van der Waals surface area contributed by atoms with Gasteiger partial charge in [0.05, 0.1) is 5.56 Å². The lowest BCUT2D eigenvalue weighted by Gasteiger charge is -2.17. The summed E-state index contributed by atoms with van der Waals surface area (Å²) >= 11 is 0. The quantitative estimate of drug-likeness (QED) is 0.643. The van der Waals surface area contributed by atoms with Crippen molar-refractivity contribution >= 4 is 21.6 Å². The first kappa shape index (κ1) is 24.7. The van der Waals surface area contributed by atoms with Crippen molar-refractivity contribution in [3.05, 3.63) is 47.0 Å². The highest BCUT2D eigenvalue weighted by molar-refractivity contribution is 7.89. The van der Waals surface area contributed by atoms with E-state index in [1.807, 2.05) is 0 Å². The molecule has 0 fully saturated rings. The van der Waals surface area contributed by atoms with Crippen molar-refractivity contribution in [2.75, 3.05) is 5.32 Å². The Labute approximate surface area is 172 Å². The monoisotopic (exact) mass is 475 g/mol. The number of amides is 1. The predicted molar refractivity (Wildman–Crippen MR) is 95.3 cm³/mol. The second kappa shape index (κ2) is 8.15. The number of rotatable bonds is 5. The van der Waals surface area contributed by atoms with Gasteiger partial charge in [-0.2, -0.15) is 31.1 Å². The molecule has 1 heterocycles. The minimum atomic E-state index is -5.02. The normalized spacial score (nSPS) is 13.9. The molecule has 2 rings (SSSR count). The first-order valence-electron chi connectivity index (χ1n) is 8.38. The highest BCUT2D eigenvalue weighted by Gasteiger charge is 2.40. The molecule has 0 aliphatic carbocycles. The Hall–Kier alpha value is -2.61. The summed E-state index contributed by atoms with van der Waals surface area (Å²) < 4.78 is 117. The number of hydrogen-bond donors (Lipinski definition) is 2. The number of halogens is 7. The van der Waals surface area contributed by atoms with Gasteiger partial charge in [-0.1, -0.05) is 0 Å². The largest absolute Gasteiger partial charge is 0.419 e. The maximum atomic E-state index is 13.4. The molecule has 1 amide bonds. The van der Waals surface area contributed by atoms with E-state index in [1.54, 1.807) is 0 Å². The molecule has 14 heteroatoms. The molecular formula is C17H16F7N3O3S. The third kappa shape index (κ3) is 5.36. The van der Waals surface area contributed by atoms with E-state index in [0.717, 1.165) is 23.8 Å². The number of aryl methyl sites for hydroxylation is 1. The highest BCUT2D eigenvalue weighted by Crippen LogP contribution is 2.33. The van der Waals surface area contributed by atoms with Gasteiger partial charge in [-0.15, -0.1) is 0 Å². The van der Waals surface area contributed by atoms with Crippen LogP contribution in [-0.4, -0.2) is 31.1 Å².